The van der Waals surface area contributed by atoms with Gasteiger partial charge in [-0.05, 0) is 12.5 Å². The largest absolute Gasteiger partial charge is 0.478 e. The topological polar surface area (TPSA) is 68.0 Å². The Morgan fingerprint density at radius 3 is 2.95 bits per heavy atom. The molecule has 2 heterocycles. The molecule has 0 amide bonds. The fourth-order valence-corrected chi connectivity index (χ4v) is 2.92. The quantitative estimate of drug-likeness (QED) is 0.804. The van der Waals surface area contributed by atoms with Crippen molar-refractivity contribution in [2.45, 2.75) is 13.5 Å². The molecular formula is C15H13N3O2S. The number of hydrogen-bond donors (Lipinski definition) is 1. The third-order valence-corrected chi connectivity index (χ3v) is 4.06. The summed E-state index contributed by atoms with van der Waals surface area (Å²) in [4.78, 5) is 16.3. The van der Waals surface area contributed by atoms with Gasteiger partial charge in [-0.3, -0.25) is 4.68 Å². The van der Waals surface area contributed by atoms with Crippen molar-refractivity contribution in [2.75, 3.05) is 0 Å². The van der Waals surface area contributed by atoms with Crippen molar-refractivity contribution in [3.63, 3.8) is 0 Å². The van der Waals surface area contributed by atoms with E-state index in [1.165, 1.54) is 18.0 Å². The summed E-state index contributed by atoms with van der Waals surface area (Å²) in [7, 11) is 0. The highest BCUT2D eigenvalue weighted by molar-refractivity contribution is 7.15. The normalized spacial score (nSPS) is 10.7. The van der Waals surface area contributed by atoms with E-state index in [2.05, 4.69) is 35.2 Å². The highest BCUT2D eigenvalue weighted by atomic mass is 32.1. The van der Waals surface area contributed by atoms with Gasteiger partial charge in [0.1, 0.15) is 5.01 Å². The number of carbonyl (C=O) groups is 1. The van der Waals surface area contributed by atoms with Crippen LogP contribution in [0.3, 0.4) is 0 Å². The third kappa shape index (κ3) is 3.00. The molecule has 0 fully saturated rings. The number of aromatic nitrogens is 3. The van der Waals surface area contributed by atoms with E-state index in [4.69, 9.17) is 5.11 Å². The van der Waals surface area contributed by atoms with Crippen LogP contribution in [-0.4, -0.2) is 25.8 Å². The van der Waals surface area contributed by atoms with Crippen LogP contribution in [0.25, 0.3) is 10.4 Å². The molecular weight excluding hydrogens is 286 g/mol. The van der Waals surface area contributed by atoms with Crippen molar-refractivity contribution in [1.82, 2.24) is 14.8 Å². The Balaban J connectivity index is 1.80. The molecule has 3 rings (SSSR count). The van der Waals surface area contributed by atoms with Gasteiger partial charge < -0.3 is 5.11 Å². The van der Waals surface area contributed by atoms with Crippen molar-refractivity contribution in [3.8, 4) is 10.4 Å². The Labute approximate surface area is 125 Å². The van der Waals surface area contributed by atoms with Crippen LogP contribution < -0.4 is 0 Å². The molecule has 5 nitrogen and oxygen atoms in total. The lowest BCUT2D eigenvalue weighted by Crippen LogP contribution is -1.99. The van der Waals surface area contributed by atoms with E-state index in [9.17, 15) is 4.79 Å². The van der Waals surface area contributed by atoms with Crippen LogP contribution in [0.15, 0.2) is 42.9 Å². The average Bonchev–Trinajstić information content (AvgIpc) is 3.08. The Morgan fingerprint density at radius 1 is 1.38 bits per heavy atom. The molecule has 0 saturated heterocycles. The average molecular weight is 299 g/mol. The molecule has 0 bridgehead atoms. The molecule has 0 spiro atoms. The minimum atomic E-state index is -0.971. The number of carboxylic acid groups (broad SMARTS) is 1. The maximum Gasteiger partial charge on any atom is 0.338 e. The Bertz CT molecular complexity index is 792. The molecule has 0 aliphatic heterocycles. The number of nitrogens with zero attached hydrogens (tertiary/aromatic N) is 3. The van der Waals surface area contributed by atoms with E-state index in [0.29, 0.717) is 6.54 Å². The van der Waals surface area contributed by atoms with Crippen LogP contribution in [-0.2, 0) is 6.54 Å². The van der Waals surface area contributed by atoms with Crippen molar-refractivity contribution in [3.05, 3.63) is 59.0 Å². The van der Waals surface area contributed by atoms with Crippen molar-refractivity contribution >= 4 is 17.3 Å². The van der Waals surface area contributed by atoms with Crippen LogP contribution in [0.5, 0.6) is 0 Å². The number of hydrogen-bond acceptors (Lipinski definition) is 4. The van der Waals surface area contributed by atoms with Gasteiger partial charge in [0.2, 0.25) is 0 Å². The summed E-state index contributed by atoms with van der Waals surface area (Å²) in [5.41, 5.74) is 2.54. The molecule has 0 aliphatic rings. The van der Waals surface area contributed by atoms with Gasteiger partial charge in [0.15, 0.2) is 0 Å². The molecule has 1 aromatic carbocycles. The maximum absolute atomic E-state index is 10.8. The van der Waals surface area contributed by atoms with Crippen LogP contribution >= 0.6 is 11.3 Å². The van der Waals surface area contributed by atoms with Crippen LogP contribution in [0.2, 0.25) is 0 Å². The highest BCUT2D eigenvalue weighted by Gasteiger charge is 2.09. The van der Waals surface area contributed by atoms with Gasteiger partial charge in [-0.15, -0.1) is 11.3 Å². The van der Waals surface area contributed by atoms with Gasteiger partial charge in [-0.25, -0.2) is 9.78 Å². The lowest BCUT2D eigenvalue weighted by Gasteiger charge is -1.98. The zero-order valence-electron chi connectivity index (χ0n) is 11.4. The molecule has 1 N–H and O–H groups in total. The van der Waals surface area contributed by atoms with Gasteiger partial charge in [-0.1, -0.05) is 29.8 Å². The first-order chi connectivity index (χ1) is 10.1. The Kier molecular flexibility index (Phi) is 3.53. The fraction of sp³-hybridized carbons (Fsp3) is 0.133. The fourth-order valence-electron chi connectivity index (χ4n) is 2.01. The lowest BCUT2D eigenvalue weighted by molar-refractivity contribution is 0.0697. The molecule has 0 atom stereocenters. The first-order valence-corrected chi connectivity index (χ1v) is 7.21. The monoisotopic (exact) mass is 299 g/mol. The summed E-state index contributed by atoms with van der Waals surface area (Å²) < 4.78 is 1.59. The van der Waals surface area contributed by atoms with Crippen molar-refractivity contribution < 1.29 is 9.90 Å². The van der Waals surface area contributed by atoms with Gasteiger partial charge >= 0.3 is 5.97 Å². The molecule has 0 unspecified atom stereocenters. The minimum absolute atomic E-state index is 0.186. The van der Waals surface area contributed by atoms with Gasteiger partial charge in [0, 0.05) is 12.4 Å². The number of aromatic carboxylic acids is 1. The number of rotatable bonds is 4. The van der Waals surface area contributed by atoms with Crippen molar-refractivity contribution in [2.24, 2.45) is 0 Å². The van der Waals surface area contributed by atoms with E-state index in [1.54, 1.807) is 16.0 Å². The van der Waals surface area contributed by atoms with Crippen LogP contribution in [0.1, 0.15) is 20.9 Å². The standard InChI is InChI=1S/C15H13N3O2S/c1-10-3-2-4-11(5-10)13-7-16-14(21-13)9-18-8-12(6-17-18)15(19)20/h2-8H,9H2,1H3,(H,19,20). The maximum atomic E-state index is 10.8. The number of thiazole rings is 1. The van der Waals surface area contributed by atoms with Crippen LogP contribution in [0.4, 0.5) is 0 Å². The summed E-state index contributed by atoms with van der Waals surface area (Å²) in [5.74, 6) is -0.971. The Hall–Kier alpha value is -2.47. The third-order valence-electron chi connectivity index (χ3n) is 3.03. The zero-order valence-corrected chi connectivity index (χ0v) is 12.2. The smallest absolute Gasteiger partial charge is 0.338 e. The van der Waals surface area contributed by atoms with Crippen molar-refractivity contribution in [1.29, 1.82) is 0 Å². The molecule has 0 radical (unpaired) electrons. The van der Waals surface area contributed by atoms with Gasteiger partial charge in [-0.2, -0.15) is 5.10 Å². The number of carboxylic acids is 1. The summed E-state index contributed by atoms with van der Waals surface area (Å²) in [6.45, 7) is 2.53. The molecule has 0 saturated carbocycles. The van der Waals surface area contributed by atoms with E-state index < -0.39 is 5.97 Å². The molecule has 21 heavy (non-hydrogen) atoms. The van der Waals surface area contributed by atoms with Gasteiger partial charge in [0.25, 0.3) is 0 Å². The predicted molar refractivity (Wildman–Crippen MR) is 80.6 cm³/mol. The van der Waals surface area contributed by atoms with E-state index in [-0.39, 0.29) is 5.56 Å². The van der Waals surface area contributed by atoms with E-state index in [0.717, 1.165) is 15.4 Å². The summed E-state index contributed by atoms with van der Waals surface area (Å²) in [6, 6.07) is 8.26. The summed E-state index contributed by atoms with van der Waals surface area (Å²) in [6.07, 6.45) is 4.70. The van der Waals surface area contributed by atoms with Gasteiger partial charge in [0.05, 0.1) is 23.2 Å². The molecule has 0 aliphatic carbocycles. The highest BCUT2D eigenvalue weighted by Crippen LogP contribution is 2.27. The predicted octanol–water partition coefficient (Wildman–Crippen LogP) is 3.06. The SMILES string of the molecule is Cc1cccc(-c2cnc(Cn3cc(C(=O)O)cn3)s2)c1. The zero-order chi connectivity index (χ0) is 14.8. The minimum Gasteiger partial charge on any atom is -0.478 e. The van der Waals surface area contributed by atoms with E-state index >= 15 is 0 Å². The second-order valence-electron chi connectivity index (χ2n) is 4.72. The molecule has 2 aromatic heterocycles. The lowest BCUT2D eigenvalue weighted by atomic mass is 10.1. The molecule has 6 heteroatoms. The summed E-state index contributed by atoms with van der Waals surface area (Å²) >= 11 is 1.59. The first kappa shape index (κ1) is 13.5. The Morgan fingerprint density at radius 2 is 2.24 bits per heavy atom. The van der Waals surface area contributed by atoms with E-state index in [1.807, 2.05) is 12.3 Å². The van der Waals surface area contributed by atoms with Crippen LogP contribution in [0, 0.1) is 6.92 Å². The molecule has 3 aromatic rings. The molecule has 106 valence electrons. The number of benzene rings is 1. The first-order valence-electron chi connectivity index (χ1n) is 6.39. The second kappa shape index (κ2) is 5.49. The second-order valence-corrected chi connectivity index (χ2v) is 5.83. The number of aryl methyl sites for hydroxylation is 1. The summed E-state index contributed by atoms with van der Waals surface area (Å²) in [5, 5.41) is 13.8.